The molecule has 2 nitrogen and oxygen atoms in total. The van der Waals surface area contributed by atoms with Gasteiger partial charge in [-0.2, -0.15) is 0 Å². The van der Waals surface area contributed by atoms with Crippen LogP contribution in [0.2, 0.25) is 0 Å². The summed E-state index contributed by atoms with van der Waals surface area (Å²) in [4.78, 5) is 13.3. The van der Waals surface area contributed by atoms with Crippen molar-refractivity contribution in [2.45, 2.75) is 6.92 Å². The summed E-state index contributed by atoms with van der Waals surface area (Å²) >= 11 is 1.58. The first kappa shape index (κ1) is 14.3. The maximum absolute atomic E-state index is 12.3. The van der Waals surface area contributed by atoms with Crippen molar-refractivity contribution < 1.29 is 9.53 Å². The van der Waals surface area contributed by atoms with Gasteiger partial charge in [0, 0.05) is 10.5 Å². The van der Waals surface area contributed by atoms with E-state index >= 15 is 0 Å². The van der Waals surface area contributed by atoms with E-state index in [1.165, 1.54) is 0 Å². The van der Waals surface area contributed by atoms with Gasteiger partial charge in [0.2, 0.25) is 0 Å². The zero-order chi connectivity index (χ0) is 14.4. The van der Waals surface area contributed by atoms with Crippen molar-refractivity contribution >= 4 is 28.5 Å². The lowest BCUT2D eigenvalue weighted by Gasteiger charge is -2.11. The van der Waals surface area contributed by atoms with Gasteiger partial charge in [-0.3, -0.25) is 0 Å². The molecule has 0 aliphatic carbocycles. The van der Waals surface area contributed by atoms with Crippen LogP contribution in [-0.2, 0) is 9.53 Å². The summed E-state index contributed by atoms with van der Waals surface area (Å²) in [6, 6.07) is 13.5. The van der Waals surface area contributed by atoms with Crippen molar-refractivity contribution in [3.8, 4) is 0 Å². The molecule has 0 spiro atoms. The number of hydrogen-bond acceptors (Lipinski definition) is 3. The molecule has 0 fully saturated rings. The van der Waals surface area contributed by atoms with Crippen LogP contribution in [0.4, 0.5) is 0 Å². The summed E-state index contributed by atoms with van der Waals surface area (Å²) in [7, 11) is 0. The molecule has 20 heavy (non-hydrogen) atoms. The highest BCUT2D eigenvalue weighted by Crippen LogP contribution is 2.31. The number of hydrogen-bond donors (Lipinski definition) is 0. The topological polar surface area (TPSA) is 26.3 Å². The van der Waals surface area contributed by atoms with Crippen molar-refractivity contribution in [1.29, 1.82) is 0 Å². The molecule has 0 radical (unpaired) electrons. The van der Waals surface area contributed by atoms with Gasteiger partial charge in [-0.05, 0) is 23.9 Å². The van der Waals surface area contributed by atoms with Crippen LogP contribution in [0.15, 0.2) is 60.5 Å². The van der Waals surface area contributed by atoms with Gasteiger partial charge in [-0.15, -0.1) is 11.3 Å². The largest absolute Gasteiger partial charge is 0.462 e. The SMILES string of the molecule is C=CC(=C(C(=O)OCC)c1ccccc1)c1cccs1. The summed E-state index contributed by atoms with van der Waals surface area (Å²) in [6.07, 6.45) is 1.71. The average Bonchev–Trinajstić information content (AvgIpc) is 2.99. The van der Waals surface area contributed by atoms with Crippen molar-refractivity contribution in [3.63, 3.8) is 0 Å². The van der Waals surface area contributed by atoms with Crippen molar-refractivity contribution in [1.82, 2.24) is 0 Å². The minimum absolute atomic E-state index is 0.318. The van der Waals surface area contributed by atoms with Crippen LogP contribution in [0.5, 0.6) is 0 Å². The second-order valence-electron chi connectivity index (χ2n) is 4.06. The van der Waals surface area contributed by atoms with Crippen LogP contribution in [0, 0.1) is 0 Å². The number of allylic oxidation sites excluding steroid dienone is 2. The molecule has 102 valence electrons. The Morgan fingerprint density at radius 2 is 2.00 bits per heavy atom. The number of rotatable bonds is 5. The van der Waals surface area contributed by atoms with Crippen LogP contribution in [0.25, 0.3) is 11.1 Å². The summed E-state index contributed by atoms with van der Waals surface area (Å²) in [5.41, 5.74) is 2.21. The fraction of sp³-hybridized carbons (Fsp3) is 0.118. The maximum atomic E-state index is 12.3. The zero-order valence-electron chi connectivity index (χ0n) is 11.3. The third-order valence-electron chi connectivity index (χ3n) is 2.80. The van der Waals surface area contributed by atoms with Crippen molar-refractivity contribution in [3.05, 3.63) is 70.9 Å². The number of benzene rings is 1. The molecule has 0 aliphatic heterocycles. The van der Waals surface area contributed by atoms with Crippen LogP contribution in [0.1, 0.15) is 17.4 Å². The van der Waals surface area contributed by atoms with E-state index in [4.69, 9.17) is 4.74 Å². The molecule has 2 rings (SSSR count). The standard InChI is InChI=1S/C17H16O2S/c1-3-14(15-11-8-12-20-15)16(17(18)19-4-2)13-9-6-5-7-10-13/h3,5-12H,1,4H2,2H3. The lowest BCUT2D eigenvalue weighted by molar-refractivity contribution is -0.136. The van der Waals surface area contributed by atoms with E-state index in [2.05, 4.69) is 6.58 Å². The van der Waals surface area contributed by atoms with Crippen molar-refractivity contribution in [2.24, 2.45) is 0 Å². The van der Waals surface area contributed by atoms with Crippen molar-refractivity contribution in [2.75, 3.05) is 6.61 Å². The monoisotopic (exact) mass is 284 g/mol. The van der Waals surface area contributed by atoms with E-state index in [0.717, 1.165) is 16.0 Å². The van der Waals surface area contributed by atoms with E-state index in [1.807, 2.05) is 47.8 Å². The average molecular weight is 284 g/mol. The smallest absolute Gasteiger partial charge is 0.339 e. The summed E-state index contributed by atoms with van der Waals surface area (Å²) in [5.74, 6) is -0.318. The maximum Gasteiger partial charge on any atom is 0.339 e. The number of esters is 1. The predicted octanol–water partition coefficient (Wildman–Crippen LogP) is 4.41. The van der Waals surface area contributed by atoms with Crippen LogP contribution in [0.3, 0.4) is 0 Å². The zero-order valence-corrected chi connectivity index (χ0v) is 12.2. The molecule has 3 heteroatoms. The van der Waals surface area contributed by atoms with Gasteiger partial charge < -0.3 is 4.74 Å². The molecule has 2 aromatic rings. The van der Waals surface area contributed by atoms with Gasteiger partial charge in [0.25, 0.3) is 0 Å². The first-order chi connectivity index (χ1) is 9.77. The highest BCUT2D eigenvalue weighted by molar-refractivity contribution is 7.11. The molecule has 1 aromatic heterocycles. The van der Waals surface area contributed by atoms with Gasteiger partial charge in [0.1, 0.15) is 0 Å². The third-order valence-corrected chi connectivity index (χ3v) is 3.71. The third kappa shape index (κ3) is 3.06. The molecule has 0 unspecified atom stereocenters. The number of carbonyl (C=O) groups is 1. The van der Waals surface area contributed by atoms with E-state index < -0.39 is 0 Å². The first-order valence-electron chi connectivity index (χ1n) is 6.41. The molecule has 1 heterocycles. The van der Waals surface area contributed by atoms with Gasteiger partial charge in [-0.25, -0.2) is 4.79 Å². The Morgan fingerprint density at radius 1 is 1.25 bits per heavy atom. The first-order valence-corrected chi connectivity index (χ1v) is 7.29. The summed E-state index contributed by atoms with van der Waals surface area (Å²) in [5, 5.41) is 1.98. The highest BCUT2D eigenvalue weighted by Gasteiger charge is 2.18. The van der Waals surface area contributed by atoms with E-state index in [-0.39, 0.29) is 5.97 Å². The molecule has 1 aromatic carbocycles. The normalized spacial score (nSPS) is 11.7. The molecule has 0 N–H and O–H groups in total. The van der Waals surface area contributed by atoms with Crippen LogP contribution >= 0.6 is 11.3 Å². The number of carbonyl (C=O) groups excluding carboxylic acids is 1. The Hall–Kier alpha value is -2.13. The quantitative estimate of drug-likeness (QED) is 0.462. The predicted molar refractivity (Wildman–Crippen MR) is 84.4 cm³/mol. The Kier molecular flexibility index (Phi) is 4.91. The fourth-order valence-electron chi connectivity index (χ4n) is 1.95. The summed E-state index contributed by atoms with van der Waals surface area (Å²) in [6.45, 7) is 6.00. The van der Waals surface area contributed by atoms with E-state index in [1.54, 1.807) is 24.3 Å². The van der Waals surface area contributed by atoms with E-state index in [0.29, 0.717) is 12.2 Å². The Labute approximate surface area is 123 Å². The molecule has 0 amide bonds. The second-order valence-corrected chi connectivity index (χ2v) is 5.00. The van der Waals surface area contributed by atoms with Gasteiger partial charge in [0.15, 0.2) is 0 Å². The summed E-state index contributed by atoms with van der Waals surface area (Å²) < 4.78 is 5.20. The molecule has 0 saturated carbocycles. The number of ether oxygens (including phenoxy) is 1. The van der Waals surface area contributed by atoms with Crippen LogP contribution in [-0.4, -0.2) is 12.6 Å². The van der Waals surface area contributed by atoms with Gasteiger partial charge in [0.05, 0.1) is 12.2 Å². The molecular formula is C17H16O2S. The van der Waals surface area contributed by atoms with Gasteiger partial charge in [-0.1, -0.05) is 49.1 Å². The Morgan fingerprint density at radius 3 is 2.55 bits per heavy atom. The fourth-order valence-corrected chi connectivity index (χ4v) is 2.72. The Bertz CT molecular complexity index is 610. The van der Waals surface area contributed by atoms with E-state index in [9.17, 15) is 4.79 Å². The van der Waals surface area contributed by atoms with Gasteiger partial charge >= 0.3 is 5.97 Å². The lowest BCUT2D eigenvalue weighted by Crippen LogP contribution is -2.08. The second kappa shape index (κ2) is 6.87. The Balaban J connectivity index is 2.61. The molecule has 0 atom stereocenters. The lowest BCUT2D eigenvalue weighted by atomic mass is 9.99. The molecule has 0 saturated heterocycles. The highest BCUT2D eigenvalue weighted by atomic mass is 32.1. The molecule has 0 bridgehead atoms. The van der Waals surface area contributed by atoms with Crippen LogP contribution < -0.4 is 0 Å². The molecular weight excluding hydrogens is 268 g/mol. The molecule has 0 aliphatic rings. The number of thiophene rings is 1. The minimum atomic E-state index is -0.318. The minimum Gasteiger partial charge on any atom is -0.462 e.